The lowest BCUT2D eigenvalue weighted by Gasteiger charge is -2.22. The second-order valence-corrected chi connectivity index (χ2v) is 6.83. The Morgan fingerprint density at radius 3 is 2.71 bits per heavy atom. The Bertz CT molecular complexity index is 904. The van der Waals surface area contributed by atoms with E-state index in [9.17, 15) is 4.79 Å². The average molecular weight is 378 g/mol. The molecule has 1 aliphatic carbocycles. The zero-order valence-electron chi connectivity index (χ0n) is 15.7. The van der Waals surface area contributed by atoms with Gasteiger partial charge in [-0.1, -0.05) is 24.0 Å². The third kappa shape index (κ3) is 4.69. The normalized spacial score (nSPS) is 18.7. The van der Waals surface area contributed by atoms with Crippen molar-refractivity contribution < 1.29 is 19.0 Å². The van der Waals surface area contributed by atoms with Crippen molar-refractivity contribution in [1.82, 2.24) is 4.98 Å². The zero-order valence-corrected chi connectivity index (χ0v) is 15.7. The highest BCUT2D eigenvalue weighted by atomic mass is 16.6. The summed E-state index contributed by atoms with van der Waals surface area (Å²) >= 11 is 0. The summed E-state index contributed by atoms with van der Waals surface area (Å²) in [6.07, 6.45) is 1.82. The van der Waals surface area contributed by atoms with Gasteiger partial charge >= 0.3 is 0 Å². The van der Waals surface area contributed by atoms with Crippen LogP contribution >= 0.6 is 0 Å². The number of methoxy groups -OCH3 is 1. The topological polar surface area (TPSA) is 69.7 Å². The second-order valence-electron chi connectivity index (χ2n) is 6.83. The van der Waals surface area contributed by atoms with E-state index >= 15 is 0 Å². The highest BCUT2D eigenvalue weighted by Crippen LogP contribution is 2.28. The van der Waals surface area contributed by atoms with Crippen molar-refractivity contribution >= 4 is 11.6 Å². The molecule has 2 aliphatic rings. The van der Waals surface area contributed by atoms with Crippen molar-refractivity contribution in [3.05, 3.63) is 42.0 Å². The number of amides is 1. The Morgan fingerprint density at radius 1 is 1.21 bits per heavy atom. The Kier molecular flexibility index (Phi) is 5.56. The van der Waals surface area contributed by atoms with Gasteiger partial charge in [0.1, 0.15) is 0 Å². The molecule has 1 aromatic carbocycles. The number of nitrogens with one attached hydrogen (secondary N) is 1. The van der Waals surface area contributed by atoms with Gasteiger partial charge in [-0.05, 0) is 31.0 Å². The molecule has 1 aliphatic heterocycles. The van der Waals surface area contributed by atoms with Gasteiger partial charge in [0, 0.05) is 28.8 Å². The van der Waals surface area contributed by atoms with Crippen molar-refractivity contribution in [2.45, 2.75) is 18.9 Å². The van der Waals surface area contributed by atoms with Crippen LogP contribution in [0.4, 0.5) is 5.69 Å². The Labute approximate surface area is 164 Å². The molecule has 6 heteroatoms. The van der Waals surface area contributed by atoms with Gasteiger partial charge in [0.25, 0.3) is 5.91 Å². The molecule has 1 N–H and O–H groups in total. The minimum absolute atomic E-state index is 0.246. The number of hydrogen-bond donors (Lipinski definition) is 1. The summed E-state index contributed by atoms with van der Waals surface area (Å²) in [6.45, 7) is 1.18. The SMILES string of the molecule is COc1cc(NC(=O)[C@@H]2COCCO2)cc(-c2ccc(C#CC3CC3)cc2)n1. The van der Waals surface area contributed by atoms with Crippen molar-refractivity contribution in [3.63, 3.8) is 0 Å². The van der Waals surface area contributed by atoms with Crippen molar-refractivity contribution in [3.8, 4) is 29.0 Å². The number of aromatic nitrogens is 1. The van der Waals surface area contributed by atoms with Crippen molar-refractivity contribution in [2.75, 3.05) is 32.2 Å². The molecule has 2 heterocycles. The lowest BCUT2D eigenvalue weighted by molar-refractivity contribution is -0.142. The molecule has 1 aromatic heterocycles. The quantitative estimate of drug-likeness (QED) is 0.829. The van der Waals surface area contributed by atoms with Crippen LogP contribution in [0, 0.1) is 17.8 Å². The van der Waals surface area contributed by atoms with Gasteiger partial charge in [0.05, 0.1) is 32.6 Å². The fourth-order valence-electron chi connectivity index (χ4n) is 2.83. The van der Waals surface area contributed by atoms with Crippen molar-refractivity contribution in [1.29, 1.82) is 0 Å². The van der Waals surface area contributed by atoms with Gasteiger partial charge < -0.3 is 19.5 Å². The van der Waals surface area contributed by atoms with E-state index in [1.165, 1.54) is 12.8 Å². The first-order valence-electron chi connectivity index (χ1n) is 9.39. The number of nitrogens with zero attached hydrogens (tertiary/aromatic N) is 1. The van der Waals surface area contributed by atoms with E-state index in [4.69, 9.17) is 14.2 Å². The average Bonchev–Trinajstić information content (AvgIpc) is 3.57. The first-order chi connectivity index (χ1) is 13.7. The van der Waals surface area contributed by atoms with Gasteiger partial charge in [-0.3, -0.25) is 4.79 Å². The largest absolute Gasteiger partial charge is 0.481 e. The van der Waals surface area contributed by atoms with E-state index in [0.29, 0.717) is 36.4 Å². The molecule has 144 valence electrons. The van der Waals surface area contributed by atoms with Gasteiger partial charge in [0.2, 0.25) is 5.88 Å². The number of hydrogen-bond acceptors (Lipinski definition) is 5. The fraction of sp³-hybridized carbons (Fsp3) is 0.364. The zero-order chi connectivity index (χ0) is 19.3. The molecule has 2 fully saturated rings. The molecule has 1 saturated carbocycles. The predicted octanol–water partition coefficient (Wildman–Crippen LogP) is 2.87. The number of carbonyl (C=O) groups is 1. The third-order valence-corrected chi connectivity index (χ3v) is 4.57. The predicted molar refractivity (Wildman–Crippen MR) is 105 cm³/mol. The molecule has 1 atom stereocenters. The first-order valence-corrected chi connectivity index (χ1v) is 9.39. The number of carbonyl (C=O) groups excluding carboxylic acids is 1. The second kappa shape index (κ2) is 8.42. The fourth-order valence-corrected chi connectivity index (χ4v) is 2.83. The molecule has 1 amide bonds. The summed E-state index contributed by atoms with van der Waals surface area (Å²) in [5, 5.41) is 2.86. The lowest BCUT2D eigenvalue weighted by Crippen LogP contribution is -2.39. The van der Waals surface area contributed by atoms with E-state index in [1.807, 2.05) is 30.3 Å². The summed E-state index contributed by atoms with van der Waals surface area (Å²) in [5.74, 6) is 7.21. The van der Waals surface area contributed by atoms with Crippen LogP contribution in [0.15, 0.2) is 36.4 Å². The third-order valence-electron chi connectivity index (χ3n) is 4.57. The summed E-state index contributed by atoms with van der Waals surface area (Å²) in [4.78, 5) is 16.9. The highest BCUT2D eigenvalue weighted by molar-refractivity contribution is 5.95. The van der Waals surface area contributed by atoms with E-state index in [1.54, 1.807) is 13.2 Å². The number of benzene rings is 1. The Morgan fingerprint density at radius 2 is 2.04 bits per heavy atom. The summed E-state index contributed by atoms with van der Waals surface area (Å²) in [6, 6.07) is 11.4. The first kappa shape index (κ1) is 18.5. The maximum Gasteiger partial charge on any atom is 0.255 e. The molecule has 2 aromatic rings. The van der Waals surface area contributed by atoms with E-state index in [0.717, 1.165) is 11.1 Å². The van der Waals surface area contributed by atoms with Crippen LogP contribution in [-0.4, -0.2) is 43.9 Å². The van der Waals surface area contributed by atoms with Crippen molar-refractivity contribution in [2.24, 2.45) is 5.92 Å². The van der Waals surface area contributed by atoms with Crippen LogP contribution in [0.1, 0.15) is 18.4 Å². The summed E-state index contributed by atoms with van der Waals surface area (Å²) in [5.41, 5.74) is 3.21. The molecule has 0 radical (unpaired) electrons. The van der Waals surface area contributed by atoms with E-state index in [-0.39, 0.29) is 12.5 Å². The van der Waals surface area contributed by atoms with Crippen LogP contribution < -0.4 is 10.1 Å². The van der Waals surface area contributed by atoms with Gasteiger partial charge in [0.15, 0.2) is 6.10 Å². The molecule has 0 spiro atoms. The molecular weight excluding hydrogens is 356 g/mol. The minimum atomic E-state index is -0.610. The molecule has 1 saturated heterocycles. The van der Waals surface area contributed by atoms with Crippen LogP contribution in [-0.2, 0) is 14.3 Å². The molecule has 4 rings (SSSR count). The molecular formula is C22H22N2O4. The monoisotopic (exact) mass is 378 g/mol. The molecule has 28 heavy (non-hydrogen) atoms. The number of rotatable bonds is 4. The van der Waals surface area contributed by atoms with Crippen LogP contribution in [0.5, 0.6) is 5.88 Å². The van der Waals surface area contributed by atoms with Crippen LogP contribution in [0.2, 0.25) is 0 Å². The van der Waals surface area contributed by atoms with Gasteiger partial charge in [-0.25, -0.2) is 4.98 Å². The Hall–Kier alpha value is -2.88. The highest BCUT2D eigenvalue weighted by Gasteiger charge is 2.23. The van der Waals surface area contributed by atoms with E-state index in [2.05, 4.69) is 22.1 Å². The van der Waals surface area contributed by atoms with Gasteiger partial charge in [-0.2, -0.15) is 0 Å². The smallest absolute Gasteiger partial charge is 0.255 e. The minimum Gasteiger partial charge on any atom is -0.481 e. The molecule has 0 unspecified atom stereocenters. The lowest BCUT2D eigenvalue weighted by atomic mass is 10.1. The maximum atomic E-state index is 12.4. The maximum absolute atomic E-state index is 12.4. The standard InChI is InChI=1S/C22H22N2O4/c1-26-21-13-18(23-22(25)20-14-27-10-11-28-20)12-19(24-21)17-8-6-16(7-9-17)5-4-15-2-3-15/h6-9,12-13,15,20H,2-3,10-11,14H2,1H3,(H,23,24,25)/t20-/m0/s1. The van der Waals surface area contributed by atoms with Crippen LogP contribution in [0.3, 0.4) is 0 Å². The Balaban J connectivity index is 1.52. The molecule has 6 nitrogen and oxygen atoms in total. The van der Waals surface area contributed by atoms with Gasteiger partial charge in [-0.15, -0.1) is 0 Å². The summed E-state index contributed by atoms with van der Waals surface area (Å²) in [7, 11) is 1.55. The number of ether oxygens (including phenoxy) is 3. The number of anilines is 1. The van der Waals surface area contributed by atoms with E-state index < -0.39 is 6.10 Å². The van der Waals surface area contributed by atoms with Crippen LogP contribution in [0.25, 0.3) is 11.3 Å². The molecule has 0 bridgehead atoms. The number of pyridine rings is 1. The summed E-state index contributed by atoms with van der Waals surface area (Å²) < 4.78 is 16.0.